The quantitative estimate of drug-likeness (QED) is 0.595. The number of carbonyl (C=O) groups excluding carboxylic acids is 1. The fourth-order valence-electron chi connectivity index (χ4n) is 1.13. The van der Waals surface area contributed by atoms with E-state index in [0.29, 0.717) is 5.57 Å². The Balaban J connectivity index is 2.68. The van der Waals surface area contributed by atoms with Crippen molar-refractivity contribution < 1.29 is 19.7 Å². The molecule has 0 heterocycles. The molecule has 0 fully saturated rings. The number of hydrogen-bond acceptors (Lipinski definition) is 4. The Hall–Kier alpha value is -1.81. The molecule has 1 aromatic carbocycles. The Bertz CT molecular complexity index is 379. The molecule has 0 saturated heterocycles. The van der Waals surface area contributed by atoms with Crippen LogP contribution in [0.1, 0.15) is 12.5 Å². The second-order valence-electron chi connectivity index (χ2n) is 3.28. The van der Waals surface area contributed by atoms with Crippen LogP contribution in [-0.4, -0.2) is 29.4 Å². The molecule has 0 aromatic heterocycles. The SMILES string of the molecule is CC(=Cc1ccc(O)cc1)C(=O)OCCO. The average Bonchev–Trinajstić information content (AvgIpc) is 2.29. The van der Waals surface area contributed by atoms with Crippen LogP contribution in [0, 0.1) is 0 Å². The van der Waals surface area contributed by atoms with Crippen LogP contribution in [0.2, 0.25) is 0 Å². The van der Waals surface area contributed by atoms with Crippen molar-refractivity contribution in [3.63, 3.8) is 0 Å². The molecule has 0 spiro atoms. The normalized spacial score (nSPS) is 11.2. The Kier molecular flexibility index (Phi) is 4.54. The van der Waals surface area contributed by atoms with Gasteiger partial charge in [-0.15, -0.1) is 0 Å². The summed E-state index contributed by atoms with van der Waals surface area (Å²) in [5.41, 5.74) is 1.25. The number of hydrogen-bond donors (Lipinski definition) is 2. The number of aromatic hydroxyl groups is 1. The first-order valence-corrected chi connectivity index (χ1v) is 4.89. The summed E-state index contributed by atoms with van der Waals surface area (Å²) in [4.78, 5) is 11.3. The standard InChI is InChI=1S/C12H14O4/c1-9(12(15)16-7-6-13)8-10-2-4-11(14)5-3-10/h2-5,8,13-14H,6-7H2,1H3. The molecule has 86 valence electrons. The van der Waals surface area contributed by atoms with Crippen LogP contribution >= 0.6 is 0 Å². The molecule has 1 rings (SSSR count). The maximum absolute atomic E-state index is 11.3. The van der Waals surface area contributed by atoms with Gasteiger partial charge in [-0.3, -0.25) is 0 Å². The van der Waals surface area contributed by atoms with Crippen molar-refractivity contribution in [1.82, 2.24) is 0 Å². The lowest BCUT2D eigenvalue weighted by Gasteiger charge is -2.02. The lowest BCUT2D eigenvalue weighted by Crippen LogP contribution is -2.09. The zero-order valence-corrected chi connectivity index (χ0v) is 9.01. The van der Waals surface area contributed by atoms with E-state index in [4.69, 9.17) is 14.9 Å². The molecule has 0 unspecified atom stereocenters. The zero-order valence-electron chi connectivity index (χ0n) is 9.01. The number of phenols is 1. The third kappa shape index (κ3) is 3.74. The summed E-state index contributed by atoms with van der Waals surface area (Å²) in [5, 5.41) is 17.6. The van der Waals surface area contributed by atoms with Gasteiger partial charge in [-0.1, -0.05) is 12.1 Å². The van der Waals surface area contributed by atoms with Gasteiger partial charge in [0.15, 0.2) is 0 Å². The molecule has 2 N–H and O–H groups in total. The molecular formula is C12H14O4. The van der Waals surface area contributed by atoms with E-state index in [1.165, 1.54) is 12.1 Å². The molecule has 4 heteroatoms. The molecule has 0 amide bonds. The minimum absolute atomic E-state index is 0.000406. The fraction of sp³-hybridized carbons (Fsp3) is 0.250. The fourth-order valence-corrected chi connectivity index (χ4v) is 1.13. The predicted octanol–water partition coefficient (Wildman–Crippen LogP) is 1.33. The Labute approximate surface area is 93.8 Å². The molecule has 0 atom stereocenters. The number of aliphatic hydroxyl groups excluding tert-OH is 1. The molecule has 4 nitrogen and oxygen atoms in total. The van der Waals surface area contributed by atoms with E-state index in [2.05, 4.69) is 0 Å². The van der Waals surface area contributed by atoms with Crippen molar-refractivity contribution in [2.45, 2.75) is 6.92 Å². The van der Waals surface area contributed by atoms with E-state index >= 15 is 0 Å². The van der Waals surface area contributed by atoms with Crippen LogP contribution in [0.4, 0.5) is 0 Å². The highest BCUT2D eigenvalue weighted by atomic mass is 16.5. The molecule has 0 aliphatic rings. The van der Waals surface area contributed by atoms with Gasteiger partial charge < -0.3 is 14.9 Å². The summed E-state index contributed by atoms with van der Waals surface area (Å²) >= 11 is 0. The van der Waals surface area contributed by atoms with Gasteiger partial charge in [0.05, 0.1) is 6.61 Å². The number of benzene rings is 1. The van der Waals surface area contributed by atoms with E-state index in [9.17, 15) is 4.79 Å². The lowest BCUT2D eigenvalue weighted by molar-refractivity contribution is -0.139. The number of carbonyl (C=O) groups is 1. The third-order valence-corrected chi connectivity index (χ3v) is 1.92. The minimum Gasteiger partial charge on any atom is -0.508 e. The van der Waals surface area contributed by atoms with E-state index in [1.807, 2.05) is 0 Å². The van der Waals surface area contributed by atoms with Crippen LogP contribution in [0.15, 0.2) is 29.8 Å². The smallest absolute Gasteiger partial charge is 0.333 e. The van der Waals surface area contributed by atoms with Gasteiger partial charge in [0.1, 0.15) is 12.4 Å². The topological polar surface area (TPSA) is 66.8 Å². The largest absolute Gasteiger partial charge is 0.508 e. The first-order chi connectivity index (χ1) is 7.63. The second-order valence-corrected chi connectivity index (χ2v) is 3.28. The van der Waals surface area contributed by atoms with Crippen LogP contribution in [0.5, 0.6) is 5.75 Å². The number of aliphatic hydroxyl groups is 1. The highest BCUT2D eigenvalue weighted by molar-refractivity contribution is 5.92. The number of ether oxygens (including phenoxy) is 1. The van der Waals surface area contributed by atoms with Gasteiger partial charge in [0, 0.05) is 5.57 Å². The van der Waals surface area contributed by atoms with Crippen molar-refractivity contribution in [1.29, 1.82) is 0 Å². The molecule has 0 aliphatic heterocycles. The molecule has 1 aromatic rings. The Morgan fingerprint density at radius 1 is 1.38 bits per heavy atom. The maximum Gasteiger partial charge on any atom is 0.333 e. The van der Waals surface area contributed by atoms with Gasteiger partial charge >= 0.3 is 5.97 Å². The van der Waals surface area contributed by atoms with E-state index in [0.717, 1.165) is 5.56 Å². The van der Waals surface area contributed by atoms with Crippen molar-refractivity contribution in [2.75, 3.05) is 13.2 Å². The van der Waals surface area contributed by atoms with E-state index < -0.39 is 5.97 Å². The van der Waals surface area contributed by atoms with Crippen molar-refractivity contribution in [3.05, 3.63) is 35.4 Å². The van der Waals surface area contributed by atoms with Gasteiger partial charge in [0.2, 0.25) is 0 Å². The average molecular weight is 222 g/mol. The Morgan fingerprint density at radius 3 is 2.56 bits per heavy atom. The molecule has 0 aliphatic carbocycles. The Morgan fingerprint density at radius 2 is 2.00 bits per heavy atom. The monoisotopic (exact) mass is 222 g/mol. The number of esters is 1. The van der Waals surface area contributed by atoms with Gasteiger partial charge in [0.25, 0.3) is 0 Å². The maximum atomic E-state index is 11.3. The molecule has 16 heavy (non-hydrogen) atoms. The lowest BCUT2D eigenvalue weighted by atomic mass is 10.1. The summed E-state index contributed by atoms with van der Waals surface area (Å²) in [6.07, 6.45) is 1.65. The van der Waals surface area contributed by atoms with Gasteiger partial charge in [-0.05, 0) is 30.7 Å². The number of rotatable bonds is 4. The van der Waals surface area contributed by atoms with Crippen LogP contribution < -0.4 is 0 Å². The summed E-state index contributed by atoms with van der Waals surface area (Å²) < 4.78 is 4.74. The first-order valence-electron chi connectivity index (χ1n) is 4.89. The number of phenolic OH excluding ortho intramolecular Hbond substituents is 1. The van der Waals surface area contributed by atoms with Crippen molar-refractivity contribution >= 4 is 12.0 Å². The van der Waals surface area contributed by atoms with Crippen molar-refractivity contribution in [2.24, 2.45) is 0 Å². The van der Waals surface area contributed by atoms with Crippen LogP contribution in [0.25, 0.3) is 6.08 Å². The van der Waals surface area contributed by atoms with Crippen LogP contribution in [0.3, 0.4) is 0 Å². The second kappa shape index (κ2) is 5.92. The van der Waals surface area contributed by atoms with Crippen LogP contribution in [-0.2, 0) is 9.53 Å². The molecule has 0 radical (unpaired) electrons. The van der Waals surface area contributed by atoms with Crippen molar-refractivity contribution in [3.8, 4) is 5.75 Å². The van der Waals surface area contributed by atoms with E-state index in [1.54, 1.807) is 25.1 Å². The van der Waals surface area contributed by atoms with Gasteiger partial charge in [-0.2, -0.15) is 0 Å². The summed E-state index contributed by atoms with van der Waals surface area (Å²) in [7, 11) is 0. The highest BCUT2D eigenvalue weighted by Gasteiger charge is 2.04. The summed E-state index contributed by atoms with van der Waals surface area (Å²) in [6.45, 7) is 1.45. The summed E-state index contributed by atoms with van der Waals surface area (Å²) in [5.74, 6) is -0.278. The highest BCUT2D eigenvalue weighted by Crippen LogP contribution is 2.13. The zero-order chi connectivity index (χ0) is 12.0. The van der Waals surface area contributed by atoms with E-state index in [-0.39, 0.29) is 19.0 Å². The third-order valence-electron chi connectivity index (χ3n) is 1.92. The molecular weight excluding hydrogens is 208 g/mol. The minimum atomic E-state index is -0.456. The summed E-state index contributed by atoms with van der Waals surface area (Å²) in [6, 6.07) is 6.46. The molecule has 0 bridgehead atoms. The van der Waals surface area contributed by atoms with Gasteiger partial charge in [-0.25, -0.2) is 4.79 Å². The molecule has 0 saturated carbocycles. The predicted molar refractivity (Wildman–Crippen MR) is 59.8 cm³/mol. The first kappa shape index (κ1) is 12.3.